The molecule has 0 N–H and O–H groups in total. The first-order valence-electron chi connectivity index (χ1n) is 4.01. The summed E-state index contributed by atoms with van der Waals surface area (Å²) in [5.74, 6) is 1.36. The number of carbonyl (C=O) groups is 1. The van der Waals surface area contributed by atoms with Crippen molar-refractivity contribution in [3.63, 3.8) is 0 Å². The summed E-state index contributed by atoms with van der Waals surface area (Å²) < 4.78 is -0.186. The Morgan fingerprint density at radius 2 is 2.27 bits per heavy atom. The lowest BCUT2D eigenvalue weighted by Gasteiger charge is -2.35. The second-order valence-electron chi connectivity index (χ2n) is 3.24. The van der Waals surface area contributed by atoms with E-state index in [0.29, 0.717) is 0 Å². The molecule has 0 radical (unpaired) electrons. The molecule has 2 nitrogen and oxygen atoms in total. The van der Waals surface area contributed by atoms with Crippen LogP contribution in [0.4, 0.5) is 0 Å². The first-order chi connectivity index (χ1) is 5.08. The predicted molar refractivity (Wildman–Crippen MR) is 48.8 cm³/mol. The standard InChI is InChI=1S/C8H15NOS/c1-4-9-5-6-11-8(2,3)7(9)10/h4-6H2,1-3H3. The predicted octanol–water partition coefficient (Wildman–Crippen LogP) is 1.36. The van der Waals surface area contributed by atoms with Crippen molar-refractivity contribution in [1.82, 2.24) is 4.90 Å². The third-order valence-corrected chi connectivity index (χ3v) is 3.29. The van der Waals surface area contributed by atoms with Crippen LogP contribution in [0.1, 0.15) is 20.8 Å². The summed E-state index contributed by atoms with van der Waals surface area (Å²) in [5.41, 5.74) is 0. The molecule has 0 aliphatic carbocycles. The van der Waals surface area contributed by atoms with Crippen LogP contribution in [0.2, 0.25) is 0 Å². The van der Waals surface area contributed by atoms with Gasteiger partial charge >= 0.3 is 0 Å². The summed E-state index contributed by atoms with van der Waals surface area (Å²) >= 11 is 1.76. The first-order valence-corrected chi connectivity index (χ1v) is 5.00. The minimum atomic E-state index is -0.186. The molecule has 3 heteroatoms. The van der Waals surface area contributed by atoms with E-state index in [-0.39, 0.29) is 10.7 Å². The Hall–Kier alpha value is -0.180. The van der Waals surface area contributed by atoms with Crippen molar-refractivity contribution in [3.8, 4) is 0 Å². The molecule has 0 bridgehead atoms. The van der Waals surface area contributed by atoms with Crippen LogP contribution in [0.25, 0.3) is 0 Å². The minimum Gasteiger partial charge on any atom is -0.341 e. The van der Waals surface area contributed by atoms with E-state index in [1.807, 2.05) is 25.7 Å². The van der Waals surface area contributed by atoms with Crippen LogP contribution in [-0.2, 0) is 4.79 Å². The van der Waals surface area contributed by atoms with Crippen molar-refractivity contribution in [2.75, 3.05) is 18.8 Å². The Labute approximate surface area is 72.3 Å². The largest absolute Gasteiger partial charge is 0.341 e. The lowest BCUT2D eigenvalue weighted by molar-refractivity contribution is -0.133. The van der Waals surface area contributed by atoms with E-state index in [0.717, 1.165) is 18.8 Å². The monoisotopic (exact) mass is 173 g/mol. The van der Waals surface area contributed by atoms with Crippen molar-refractivity contribution in [1.29, 1.82) is 0 Å². The summed E-state index contributed by atoms with van der Waals surface area (Å²) in [4.78, 5) is 13.5. The number of hydrogen-bond donors (Lipinski definition) is 0. The van der Waals surface area contributed by atoms with Crippen LogP contribution < -0.4 is 0 Å². The summed E-state index contributed by atoms with van der Waals surface area (Å²) in [6, 6.07) is 0. The molecule has 1 fully saturated rings. The normalized spacial score (nSPS) is 23.9. The molecule has 0 aromatic carbocycles. The SMILES string of the molecule is CCN1CCSC(C)(C)C1=O. The number of carbonyl (C=O) groups excluding carboxylic acids is 1. The van der Waals surface area contributed by atoms with E-state index in [9.17, 15) is 4.79 Å². The van der Waals surface area contributed by atoms with Gasteiger partial charge in [-0.05, 0) is 20.8 Å². The molecule has 11 heavy (non-hydrogen) atoms. The Bertz CT molecular complexity index is 167. The van der Waals surface area contributed by atoms with E-state index in [1.165, 1.54) is 0 Å². The average Bonchev–Trinajstić information content (AvgIpc) is 1.95. The molecular formula is C8H15NOS. The quantitative estimate of drug-likeness (QED) is 0.597. The topological polar surface area (TPSA) is 20.3 Å². The summed E-state index contributed by atoms with van der Waals surface area (Å²) in [6.45, 7) is 7.81. The second kappa shape index (κ2) is 3.05. The molecule has 1 rings (SSSR count). The Kier molecular flexibility index (Phi) is 2.47. The maximum absolute atomic E-state index is 11.6. The Morgan fingerprint density at radius 3 is 2.73 bits per heavy atom. The van der Waals surface area contributed by atoms with Crippen LogP contribution in [0.3, 0.4) is 0 Å². The lowest BCUT2D eigenvalue weighted by atomic mass is 10.1. The molecule has 0 spiro atoms. The molecule has 1 aliphatic heterocycles. The molecule has 1 saturated heterocycles. The van der Waals surface area contributed by atoms with Crippen molar-refractivity contribution < 1.29 is 4.79 Å². The van der Waals surface area contributed by atoms with E-state index in [1.54, 1.807) is 11.8 Å². The molecule has 64 valence electrons. The van der Waals surface area contributed by atoms with Crippen molar-refractivity contribution >= 4 is 17.7 Å². The third-order valence-electron chi connectivity index (χ3n) is 2.01. The highest BCUT2D eigenvalue weighted by atomic mass is 32.2. The van der Waals surface area contributed by atoms with Gasteiger partial charge in [-0.3, -0.25) is 4.79 Å². The highest BCUT2D eigenvalue weighted by Gasteiger charge is 2.35. The van der Waals surface area contributed by atoms with Crippen molar-refractivity contribution in [3.05, 3.63) is 0 Å². The van der Waals surface area contributed by atoms with E-state index >= 15 is 0 Å². The summed E-state index contributed by atoms with van der Waals surface area (Å²) in [6.07, 6.45) is 0. The van der Waals surface area contributed by atoms with Crippen molar-refractivity contribution in [2.24, 2.45) is 0 Å². The summed E-state index contributed by atoms with van der Waals surface area (Å²) in [5, 5.41) is 0. The maximum atomic E-state index is 11.6. The molecular weight excluding hydrogens is 158 g/mol. The van der Waals surface area contributed by atoms with Crippen LogP contribution in [0, 0.1) is 0 Å². The number of nitrogens with zero attached hydrogens (tertiary/aromatic N) is 1. The van der Waals surface area contributed by atoms with Gasteiger partial charge in [0, 0.05) is 18.8 Å². The van der Waals surface area contributed by atoms with Crippen LogP contribution >= 0.6 is 11.8 Å². The highest BCUT2D eigenvalue weighted by Crippen LogP contribution is 2.30. The van der Waals surface area contributed by atoms with E-state index in [4.69, 9.17) is 0 Å². The number of amides is 1. The second-order valence-corrected chi connectivity index (χ2v) is 4.96. The molecule has 1 aliphatic rings. The van der Waals surface area contributed by atoms with Gasteiger partial charge in [0.15, 0.2) is 0 Å². The van der Waals surface area contributed by atoms with Gasteiger partial charge in [0.1, 0.15) is 0 Å². The fourth-order valence-corrected chi connectivity index (χ4v) is 2.33. The van der Waals surface area contributed by atoms with E-state index in [2.05, 4.69) is 0 Å². The van der Waals surface area contributed by atoms with Gasteiger partial charge in [0.2, 0.25) is 5.91 Å². The molecule has 0 saturated carbocycles. The summed E-state index contributed by atoms with van der Waals surface area (Å²) in [7, 11) is 0. The van der Waals surface area contributed by atoms with Gasteiger partial charge in [-0.2, -0.15) is 0 Å². The van der Waals surface area contributed by atoms with Gasteiger partial charge in [0.05, 0.1) is 4.75 Å². The molecule has 0 unspecified atom stereocenters. The maximum Gasteiger partial charge on any atom is 0.238 e. The van der Waals surface area contributed by atoms with Gasteiger partial charge in [-0.15, -0.1) is 11.8 Å². The van der Waals surface area contributed by atoms with Crippen LogP contribution in [0.15, 0.2) is 0 Å². The molecule has 0 atom stereocenters. The minimum absolute atomic E-state index is 0.186. The lowest BCUT2D eigenvalue weighted by Crippen LogP contribution is -2.48. The fourth-order valence-electron chi connectivity index (χ4n) is 1.26. The van der Waals surface area contributed by atoms with Gasteiger partial charge in [0.25, 0.3) is 0 Å². The Balaban J connectivity index is 2.68. The number of hydrogen-bond acceptors (Lipinski definition) is 2. The number of thioether (sulfide) groups is 1. The van der Waals surface area contributed by atoms with Gasteiger partial charge in [-0.1, -0.05) is 0 Å². The fraction of sp³-hybridized carbons (Fsp3) is 0.875. The first kappa shape index (κ1) is 8.91. The van der Waals surface area contributed by atoms with E-state index < -0.39 is 0 Å². The van der Waals surface area contributed by atoms with Crippen molar-refractivity contribution in [2.45, 2.75) is 25.5 Å². The smallest absolute Gasteiger partial charge is 0.238 e. The van der Waals surface area contributed by atoms with Crippen LogP contribution in [0.5, 0.6) is 0 Å². The van der Waals surface area contributed by atoms with Crippen LogP contribution in [-0.4, -0.2) is 34.4 Å². The van der Waals surface area contributed by atoms with Gasteiger partial charge in [-0.25, -0.2) is 0 Å². The highest BCUT2D eigenvalue weighted by molar-refractivity contribution is 8.01. The Morgan fingerprint density at radius 1 is 1.64 bits per heavy atom. The zero-order valence-corrected chi connectivity index (χ0v) is 8.20. The number of rotatable bonds is 1. The molecule has 1 heterocycles. The molecule has 0 aromatic rings. The molecule has 1 amide bonds. The third kappa shape index (κ3) is 1.70. The zero-order valence-electron chi connectivity index (χ0n) is 7.39. The molecule has 0 aromatic heterocycles. The van der Waals surface area contributed by atoms with Gasteiger partial charge < -0.3 is 4.90 Å². The average molecular weight is 173 g/mol. The zero-order chi connectivity index (χ0) is 8.48.